The Balaban J connectivity index is 1.69. The maximum atomic E-state index is 12.2. The van der Waals surface area contributed by atoms with E-state index in [4.69, 9.17) is 0 Å². The van der Waals surface area contributed by atoms with Gasteiger partial charge in [-0.2, -0.15) is 0 Å². The van der Waals surface area contributed by atoms with Gasteiger partial charge >= 0.3 is 6.03 Å². The zero-order chi connectivity index (χ0) is 14.7. The van der Waals surface area contributed by atoms with E-state index in [0.717, 1.165) is 29.3 Å². The fraction of sp³-hybridized carbons (Fsp3) is 0.389. The van der Waals surface area contributed by atoms with Crippen LogP contribution in [0.5, 0.6) is 0 Å². The summed E-state index contributed by atoms with van der Waals surface area (Å²) in [5, 5.41) is 8.33. The van der Waals surface area contributed by atoms with E-state index in [0.29, 0.717) is 12.0 Å². The topological polar surface area (TPSA) is 41.1 Å². The van der Waals surface area contributed by atoms with Crippen molar-refractivity contribution in [2.45, 2.75) is 38.6 Å². The predicted molar refractivity (Wildman–Crippen MR) is 87.5 cm³/mol. The first-order chi connectivity index (χ1) is 10.2. The summed E-state index contributed by atoms with van der Waals surface area (Å²) >= 11 is 0. The molecular weight excluding hydrogens is 260 g/mol. The number of nitrogens with one attached hydrogen (secondary N) is 2. The van der Waals surface area contributed by atoms with E-state index in [1.54, 1.807) is 0 Å². The summed E-state index contributed by atoms with van der Waals surface area (Å²) < 4.78 is 0. The van der Waals surface area contributed by atoms with Gasteiger partial charge in [-0.25, -0.2) is 4.79 Å². The second-order valence-corrected chi connectivity index (χ2v) is 6.09. The summed E-state index contributed by atoms with van der Waals surface area (Å²) in [6.45, 7) is 2.26. The lowest BCUT2D eigenvalue weighted by atomic mass is 9.87. The average molecular weight is 282 g/mol. The summed E-state index contributed by atoms with van der Waals surface area (Å²) in [4.78, 5) is 12.2. The summed E-state index contributed by atoms with van der Waals surface area (Å²) in [5.41, 5.74) is 0.870. The number of anilines is 1. The van der Waals surface area contributed by atoms with Crippen LogP contribution in [0.1, 0.15) is 32.6 Å². The third kappa shape index (κ3) is 3.35. The smallest absolute Gasteiger partial charge is 0.319 e. The quantitative estimate of drug-likeness (QED) is 0.834. The minimum atomic E-state index is -0.0922. The Morgan fingerprint density at radius 1 is 1.10 bits per heavy atom. The number of amides is 2. The van der Waals surface area contributed by atoms with Gasteiger partial charge in [-0.1, -0.05) is 56.2 Å². The lowest BCUT2D eigenvalue weighted by Gasteiger charge is -2.27. The number of hydrogen-bond acceptors (Lipinski definition) is 1. The van der Waals surface area contributed by atoms with E-state index >= 15 is 0 Å². The van der Waals surface area contributed by atoms with E-state index in [-0.39, 0.29) is 6.03 Å². The number of hydrogen-bond donors (Lipinski definition) is 2. The highest BCUT2D eigenvalue weighted by molar-refractivity contribution is 6.01. The van der Waals surface area contributed by atoms with E-state index in [9.17, 15) is 4.79 Å². The van der Waals surface area contributed by atoms with Gasteiger partial charge in [0.25, 0.3) is 0 Å². The highest BCUT2D eigenvalue weighted by Gasteiger charge is 2.20. The number of fused-ring (bicyclic) bond motifs is 1. The molecule has 0 unspecified atom stereocenters. The molecule has 2 aromatic rings. The molecule has 0 radical (unpaired) electrons. The molecule has 3 nitrogen and oxygen atoms in total. The summed E-state index contributed by atoms with van der Waals surface area (Å²) in [6.07, 6.45) is 4.67. The molecule has 0 spiro atoms. The predicted octanol–water partition coefficient (Wildman–Crippen LogP) is 4.54. The molecule has 3 rings (SSSR count). The van der Waals surface area contributed by atoms with E-state index in [1.807, 2.05) is 30.3 Å². The van der Waals surface area contributed by atoms with Crippen LogP contribution in [-0.2, 0) is 0 Å². The maximum Gasteiger partial charge on any atom is 0.319 e. The van der Waals surface area contributed by atoms with Crippen LogP contribution < -0.4 is 10.6 Å². The van der Waals surface area contributed by atoms with Crippen LogP contribution in [0.15, 0.2) is 42.5 Å². The van der Waals surface area contributed by atoms with Gasteiger partial charge < -0.3 is 10.6 Å². The number of carbonyl (C=O) groups excluding carboxylic acids is 1. The van der Waals surface area contributed by atoms with Crippen molar-refractivity contribution in [2.75, 3.05) is 5.32 Å². The summed E-state index contributed by atoms with van der Waals surface area (Å²) in [7, 11) is 0. The molecule has 3 heteroatoms. The fourth-order valence-corrected chi connectivity index (χ4v) is 3.24. The molecule has 0 aromatic heterocycles. The number of urea groups is 1. The molecule has 1 aliphatic carbocycles. The first-order valence-corrected chi connectivity index (χ1v) is 7.77. The van der Waals surface area contributed by atoms with Gasteiger partial charge in [-0.05, 0) is 30.2 Å². The van der Waals surface area contributed by atoms with E-state index in [1.165, 1.54) is 12.8 Å². The second kappa shape index (κ2) is 6.17. The fourth-order valence-electron chi connectivity index (χ4n) is 3.24. The maximum absolute atomic E-state index is 12.2. The van der Waals surface area contributed by atoms with Gasteiger partial charge in [-0.15, -0.1) is 0 Å². The Bertz CT molecular complexity index is 633. The van der Waals surface area contributed by atoms with Crippen LogP contribution in [0.4, 0.5) is 10.5 Å². The molecule has 0 bridgehead atoms. The monoisotopic (exact) mass is 282 g/mol. The first kappa shape index (κ1) is 13.9. The Hall–Kier alpha value is -2.03. The van der Waals surface area contributed by atoms with Crippen LogP contribution in [0.2, 0.25) is 0 Å². The standard InChI is InChI=1S/C18H22N2O/c1-13-6-4-9-15(12-13)19-18(21)20-17-11-5-8-14-7-2-3-10-16(14)17/h2-3,5,7-8,10-11,13,15H,4,6,9,12H2,1H3,(H2,19,20,21)/t13-,15-/m1/s1. The minimum absolute atomic E-state index is 0.0922. The summed E-state index contributed by atoms with van der Waals surface area (Å²) in [6, 6.07) is 14.3. The average Bonchev–Trinajstić information content (AvgIpc) is 2.47. The zero-order valence-corrected chi connectivity index (χ0v) is 12.4. The molecule has 0 saturated heterocycles. The third-order valence-corrected chi connectivity index (χ3v) is 4.31. The normalized spacial score (nSPS) is 22.0. The van der Waals surface area contributed by atoms with Crippen LogP contribution >= 0.6 is 0 Å². The van der Waals surface area contributed by atoms with Crippen molar-refractivity contribution < 1.29 is 4.79 Å². The van der Waals surface area contributed by atoms with Crippen molar-refractivity contribution >= 4 is 22.5 Å². The molecule has 2 aromatic carbocycles. The Kier molecular flexibility index (Phi) is 4.09. The zero-order valence-electron chi connectivity index (χ0n) is 12.4. The highest BCUT2D eigenvalue weighted by Crippen LogP contribution is 2.25. The van der Waals surface area contributed by atoms with Gasteiger partial charge in [0.05, 0.1) is 5.69 Å². The number of benzene rings is 2. The van der Waals surface area contributed by atoms with E-state index < -0.39 is 0 Å². The van der Waals surface area contributed by atoms with Crippen molar-refractivity contribution in [3.63, 3.8) is 0 Å². The largest absolute Gasteiger partial charge is 0.335 e. The lowest BCUT2D eigenvalue weighted by Crippen LogP contribution is -2.40. The van der Waals surface area contributed by atoms with Gasteiger partial charge in [0, 0.05) is 11.4 Å². The van der Waals surface area contributed by atoms with Crippen LogP contribution in [0.25, 0.3) is 10.8 Å². The Morgan fingerprint density at radius 2 is 1.90 bits per heavy atom. The summed E-state index contributed by atoms with van der Waals surface area (Å²) in [5.74, 6) is 0.710. The van der Waals surface area contributed by atoms with E-state index in [2.05, 4.69) is 29.7 Å². The SMILES string of the molecule is C[C@@H]1CCC[C@@H](NC(=O)Nc2cccc3ccccc23)C1. The minimum Gasteiger partial charge on any atom is -0.335 e. The van der Waals surface area contributed by atoms with Crippen molar-refractivity contribution in [3.05, 3.63) is 42.5 Å². The molecule has 2 N–H and O–H groups in total. The number of carbonyl (C=O) groups is 1. The van der Waals surface area contributed by atoms with Crippen LogP contribution in [0.3, 0.4) is 0 Å². The molecule has 0 heterocycles. The molecule has 2 atom stereocenters. The van der Waals surface area contributed by atoms with Crippen LogP contribution in [0, 0.1) is 5.92 Å². The molecule has 1 fully saturated rings. The second-order valence-electron chi connectivity index (χ2n) is 6.09. The highest BCUT2D eigenvalue weighted by atomic mass is 16.2. The van der Waals surface area contributed by atoms with Gasteiger partial charge in [0.15, 0.2) is 0 Å². The number of rotatable bonds is 2. The van der Waals surface area contributed by atoms with Gasteiger partial charge in [0.1, 0.15) is 0 Å². The molecule has 2 amide bonds. The molecule has 110 valence electrons. The molecule has 1 saturated carbocycles. The first-order valence-electron chi connectivity index (χ1n) is 7.77. The third-order valence-electron chi connectivity index (χ3n) is 4.31. The Morgan fingerprint density at radius 3 is 2.76 bits per heavy atom. The Labute approximate surface area is 125 Å². The molecule has 1 aliphatic rings. The molecular formula is C18H22N2O. The van der Waals surface area contributed by atoms with Crippen molar-refractivity contribution in [2.24, 2.45) is 5.92 Å². The van der Waals surface area contributed by atoms with Crippen LogP contribution in [-0.4, -0.2) is 12.1 Å². The van der Waals surface area contributed by atoms with Gasteiger partial charge in [0.2, 0.25) is 0 Å². The molecule has 21 heavy (non-hydrogen) atoms. The van der Waals surface area contributed by atoms with Crippen molar-refractivity contribution in [1.82, 2.24) is 5.32 Å². The van der Waals surface area contributed by atoms with Crippen molar-refractivity contribution in [3.8, 4) is 0 Å². The molecule has 0 aliphatic heterocycles. The van der Waals surface area contributed by atoms with Gasteiger partial charge in [-0.3, -0.25) is 0 Å². The lowest BCUT2D eigenvalue weighted by molar-refractivity contribution is 0.238. The van der Waals surface area contributed by atoms with Crippen molar-refractivity contribution in [1.29, 1.82) is 0 Å².